The zero-order chi connectivity index (χ0) is 14.1. The lowest BCUT2D eigenvalue weighted by Gasteiger charge is -2.09. The molecule has 3 heteroatoms. The molecule has 1 saturated heterocycles. The first-order valence-corrected chi connectivity index (χ1v) is 7.55. The van der Waals surface area contributed by atoms with E-state index in [1.807, 2.05) is 0 Å². The number of nitrogens with zero attached hydrogens (tertiary/aromatic N) is 1. The van der Waals surface area contributed by atoms with E-state index in [-0.39, 0.29) is 0 Å². The Morgan fingerprint density at radius 2 is 1.95 bits per heavy atom. The van der Waals surface area contributed by atoms with Gasteiger partial charge in [0.25, 0.3) is 0 Å². The van der Waals surface area contributed by atoms with E-state index >= 15 is 0 Å². The number of H-pyrrole nitrogens is 1. The van der Waals surface area contributed by atoms with Gasteiger partial charge in [-0.2, -0.15) is 5.10 Å². The molecule has 3 rings (SSSR count). The maximum Gasteiger partial charge on any atom is 0.0953 e. The molecule has 1 aliphatic heterocycles. The van der Waals surface area contributed by atoms with Crippen LogP contribution in [0.5, 0.6) is 0 Å². The fourth-order valence-corrected chi connectivity index (χ4v) is 2.99. The van der Waals surface area contributed by atoms with E-state index in [9.17, 15) is 0 Å². The highest BCUT2D eigenvalue weighted by Crippen LogP contribution is 2.30. The molecule has 0 saturated carbocycles. The highest BCUT2D eigenvalue weighted by Gasteiger charge is 2.22. The Kier molecular flexibility index (Phi) is 3.62. The van der Waals surface area contributed by atoms with Gasteiger partial charge in [-0.05, 0) is 43.4 Å². The molecule has 1 unspecified atom stereocenters. The molecule has 106 valence electrons. The van der Waals surface area contributed by atoms with Crippen molar-refractivity contribution >= 4 is 0 Å². The number of rotatable bonds is 3. The van der Waals surface area contributed by atoms with E-state index in [1.54, 1.807) is 0 Å². The second kappa shape index (κ2) is 5.41. The van der Waals surface area contributed by atoms with Gasteiger partial charge in [0.2, 0.25) is 0 Å². The van der Waals surface area contributed by atoms with Gasteiger partial charge in [-0.25, -0.2) is 0 Å². The lowest BCUT2D eigenvalue weighted by molar-refractivity contribution is 0.622. The molecular weight excluding hydrogens is 246 g/mol. The molecule has 3 nitrogen and oxygen atoms in total. The van der Waals surface area contributed by atoms with Crippen molar-refractivity contribution in [2.24, 2.45) is 0 Å². The Balaban J connectivity index is 1.90. The van der Waals surface area contributed by atoms with Gasteiger partial charge in [0.05, 0.1) is 11.4 Å². The maximum atomic E-state index is 4.54. The first-order chi connectivity index (χ1) is 9.66. The van der Waals surface area contributed by atoms with E-state index < -0.39 is 0 Å². The van der Waals surface area contributed by atoms with Crippen LogP contribution in [0.1, 0.15) is 55.5 Å². The summed E-state index contributed by atoms with van der Waals surface area (Å²) in [6.07, 6.45) is 2.45. The van der Waals surface area contributed by atoms with Crippen molar-refractivity contribution < 1.29 is 0 Å². The van der Waals surface area contributed by atoms with Crippen molar-refractivity contribution in [1.29, 1.82) is 0 Å². The van der Waals surface area contributed by atoms with Crippen molar-refractivity contribution in [1.82, 2.24) is 15.5 Å². The number of nitrogens with one attached hydrogen (secondary N) is 2. The van der Waals surface area contributed by atoms with Crippen LogP contribution in [0.4, 0.5) is 0 Å². The molecule has 0 spiro atoms. The summed E-state index contributed by atoms with van der Waals surface area (Å²) in [5.74, 6) is 0.572. The minimum atomic E-state index is 0.450. The fourth-order valence-electron chi connectivity index (χ4n) is 2.99. The van der Waals surface area contributed by atoms with Gasteiger partial charge in [-0.1, -0.05) is 38.1 Å². The summed E-state index contributed by atoms with van der Waals surface area (Å²) >= 11 is 0. The van der Waals surface area contributed by atoms with E-state index in [0.29, 0.717) is 12.0 Å². The second-order valence-electron chi connectivity index (χ2n) is 6.04. The largest absolute Gasteiger partial charge is 0.309 e. The number of aromatic amines is 1. The first-order valence-electron chi connectivity index (χ1n) is 7.55. The van der Waals surface area contributed by atoms with E-state index in [0.717, 1.165) is 12.2 Å². The molecule has 0 bridgehead atoms. The summed E-state index contributed by atoms with van der Waals surface area (Å²) in [5.41, 5.74) is 6.20. The highest BCUT2D eigenvalue weighted by atomic mass is 15.1. The number of hydrogen-bond acceptors (Lipinski definition) is 2. The minimum Gasteiger partial charge on any atom is -0.309 e. The molecule has 1 aromatic heterocycles. The molecule has 1 fully saturated rings. The third-order valence-electron chi connectivity index (χ3n) is 4.31. The molecule has 2 N–H and O–H groups in total. The predicted octanol–water partition coefficient (Wildman–Crippen LogP) is 3.93. The zero-order valence-corrected chi connectivity index (χ0v) is 12.5. The highest BCUT2D eigenvalue weighted by molar-refractivity contribution is 5.64. The van der Waals surface area contributed by atoms with Crippen molar-refractivity contribution in [3.63, 3.8) is 0 Å². The normalized spacial score (nSPS) is 18.9. The third-order valence-corrected chi connectivity index (χ3v) is 4.31. The molecule has 1 atom stereocenters. The SMILES string of the molecule is Cc1c(-c2ccc(C(C)C)cc2)n[nH]c1C1CCCN1. The molecule has 2 heterocycles. The standard InChI is InChI=1S/C17H23N3/c1-11(2)13-6-8-14(9-7-13)16-12(3)17(20-19-16)15-5-4-10-18-15/h6-9,11,15,18H,4-5,10H2,1-3H3,(H,19,20). The molecule has 1 aliphatic rings. The van der Waals surface area contributed by atoms with Crippen molar-refractivity contribution in [2.75, 3.05) is 6.54 Å². The summed E-state index contributed by atoms with van der Waals surface area (Å²) in [4.78, 5) is 0. The lowest BCUT2D eigenvalue weighted by Crippen LogP contribution is -2.14. The second-order valence-corrected chi connectivity index (χ2v) is 6.04. The summed E-state index contributed by atoms with van der Waals surface area (Å²) < 4.78 is 0. The van der Waals surface area contributed by atoms with Gasteiger partial charge in [0.15, 0.2) is 0 Å². The molecule has 2 aromatic rings. The number of hydrogen-bond donors (Lipinski definition) is 2. The van der Waals surface area contributed by atoms with Gasteiger partial charge in [0.1, 0.15) is 0 Å². The van der Waals surface area contributed by atoms with Crippen molar-refractivity contribution in [3.8, 4) is 11.3 Å². The molecule has 0 amide bonds. The Hall–Kier alpha value is -1.61. The Morgan fingerprint density at radius 3 is 2.55 bits per heavy atom. The Morgan fingerprint density at radius 1 is 1.20 bits per heavy atom. The van der Waals surface area contributed by atoms with Gasteiger partial charge in [-0.15, -0.1) is 0 Å². The average molecular weight is 269 g/mol. The Labute approximate surface area is 120 Å². The van der Waals surface area contributed by atoms with E-state index in [1.165, 1.54) is 35.2 Å². The molecule has 1 aromatic carbocycles. The first kappa shape index (κ1) is 13.4. The quantitative estimate of drug-likeness (QED) is 0.886. The third kappa shape index (κ3) is 2.38. The molecule has 0 aliphatic carbocycles. The molecule has 20 heavy (non-hydrogen) atoms. The van der Waals surface area contributed by atoms with Crippen LogP contribution in [0.2, 0.25) is 0 Å². The number of benzene rings is 1. The van der Waals surface area contributed by atoms with Gasteiger partial charge in [-0.3, -0.25) is 5.10 Å². The van der Waals surface area contributed by atoms with Crippen LogP contribution in [0.15, 0.2) is 24.3 Å². The van der Waals surface area contributed by atoms with Crippen LogP contribution >= 0.6 is 0 Å². The summed E-state index contributed by atoms with van der Waals surface area (Å²) in [5, 5.41) is 11.3. The van der Waals surface area contributed by atoms with Gasteiger partial charge < -0.3 is 5.32 Å². The van der Waals surface area contributed by atoms with Crippen LogP contribution in [-0.2, 0) is 0 Å². The molecular formula is C17H23N3. The monoisotopic (exact) mass is 269 g/mol. The van der Waals surface area contributed by atoms with Gasteiger partial charge >= 0.3 is 0 Å². The average Bonchev–Trinajstić information content (AvgIpc) is 3.08. The van der Waals surface area contributed by atoms with Crippen LogP contribution in [0, 0.1) is 6.92 Å². The lowest BCUT2D eigenvalue weighted by atomic mass is 9.98. The van der Waals surface area contributed by atoms with E-state index in [2.05, 4.69) is 60.6 Å². The summed E-state index contributed by atoms with van der Waals surface area (Å²) in [6, 6.07) is 9.24. The summed E-state index contributed by atoms with van der Waals surface area (Å²) in [7, 11) is 0. The van der Waals surface area contributed by atoms with Crippen LogP contribution < -0.4 is 5.32 Å². The maximum absolute atomic E-state index is 4.54. The van der Waals surface area contributed by atoms with Crippen molar-refractivity contribution in [3.05, 3.63) is 41.1 Å². The van der Waals surface area contributed by atoms with Crippen LogP contribution in [0.3, 0.4) is 0 Å². The van der Waals surface area contributed by atoms with E-state index in [4.69, 9.17) is 0 Å². The molecule has 0 radical (unpaired) electrons. The smallest absolute Gasteiger partial charge is 0.0953 e. The fraction of sp³-hybridized carbons (Fsp3) is 0.471. The van der Waals surface area contributed by atoms with Crippen LogP contribution in [-0.4, -0.2) is 16.7 Å². The summed E-state index contributed by atoms with van der Waals surface area (Å²) in [6.45, 7) is 7.73. The minimum absolute atomic E-state index is 0.450. The van der Waals surface area contributed by atoms with Crippen molar-refractivity contribution in [2.45, 2.75) is 45.6 Å². The van der Waals surface area contributed by atoms with Crippen LogP contribution in [0.25, 0.3) is 11.3 Å². The van der Waals surface area contributed by atoms with Gasteiger partial charge in [0, 0.05) is 11.6 Å². The zero-order valence-electron chi connectivity index (χ0n) is 12.5. The predicted molar refractivity (Wildman–Crippen MR) is 82.8 cm³/mol. The Bertz CT molecular complexity index is 575. The number of aromatic nitrogens is 2. The topological polar surface area (TPSA) is 40.7 Å².